The van der Waals surface area contributed by atoms with Crippen molar-refractivity contribution < 1.29 is 18.3 Å². The molecule has 0 unspecified atom stereocenters. The van der Waals surface area contributed by atoms with Gasteiger partial charge in [0.15, 0.2) is 0 Å². The fourth-order valence-corrected chi connectivity index (χ4v) is 5.98. The molecule has 5 nitrogen and oxygen atoms in total. The van der Waals surface area contributed by atoms with E-state index >= 15 is 0 Å². The molecule has 1 fully saturated rings. The molecule has 0 saturated carbocycles. The van der Waals surface area contributed by atoms with Gasteiger partial charge in [0.1, 0.15) is 0 Å². The summed E-state index contributed by atoms with van der Waals surface area (Å²) in [7, 11) is -3.57. The van der Waals surface area contributed by atoms with Gasteiger partial charge >= 0.3 is 5.97 Å². The molecule has 1 aliphatic heterocycles. The molecule has 1 aliphatic carbocycles. The number of benzene rings is 2. The van der Waals surface area contributed by atoms with Crippen molar-refractivity contribution >= 4 is 33.2 Å². The number of carbonyl (C=O) groups is 1. The Morgan fingerprint density at radius 1 is 1.07 bits per heavy atom. The van der Waals surface area contributed by atoms with E-state index in [-0.39, 0.29) is 10.3 Å². The lowest BCUT2D eigenvalue weighted by atomic mass is 9.74. The van der Waals surface area contributed by atoms with Gasteiger partial charge in [-0.2, -0.15) is 4.31 Å². The molecule has 0 bridgehead atoms. The lowest BCUT2D eigenvalue weighted by molar-refractivity contribution is -0.131. The van der Waals surface area contributed by atoms with E-state index in [4.69, 9.17) is 11.6 Å². The smallest absolute Gasteiger partial charge is 0.328 e. The Kier molecular flexibility index (Phi) is 4.81. The molecular weight excluding hydrogens is 398 g/mol. The van der Waals surface area contributed by atoms with Crippen molar-refractivity contribution in [3.05, 3.63) is 70.8 Å². The number of carboxylic acids is 1. The topological polar surface area (TPSA) is 74.7 Å². The number of nitrogens with zero attached hydrogens (tertiary/aromatic N) is 1. The molecule has 2 aromatic rings. The minimum atomic E-state index is -3.57. The molecule has 2 aliphatic rings. The highest BCUT2D eigenvalue weighted by Gasteiger charge is 2.45. The summed E-state index contributed by atoms with van der Waals surface area (Å²) in [5.74, 6) is -0.954. The molecule has 0 radical (unpaired) electrons. The molecular formula is C21H20ClNO4S. The van der Waals surface area contributed by atoms with Crippen molar-refractivity contribution in [3.8, 4) is 0 Å². The first-order valence-electron chi connectivity index (χ1n) is 9.11. The zero-order valence-corrected chi connectivity index (χ0v) is 16.7. The number of allylic oxidation sites excluding steroid dienone is 1. The van der Waals surface area contributed by atoms with Crippen LogP contribution in [0, 0.1) is 0 Å². The van der Waals surface area contributed by atoms with Crippen LogP contribution >= 0.6 is 11.6 Å². The van der Waals surface area contributed by atoms with Gasteiger partial charge in [-0.25, -0.2) is 13.2 Å². The summed E-state index contributed by atoms with van der Waals surface area (Å²) in [6.07, 6.45) is 3.24. The summed E-state index contributed by atoms with van der Waals surface area (Å²) in [6.45, 7) is 0.805. The molecule has 4 rings (SSSR count). The molecule has 1 N–H and O–H groups in total. The Hall–Kier alpha value is -2.15. The summed E-state index contributed by atoms with van der Waals surface area (Å²) in [5.41, 5.74) is 2.71. The van der Waals surface area contributed by atoms with Crippen molar-refractivity contribution in [2.75, 3.05) is 13.1 Å². The number of sulfonamides is 1. The van der Waals surface area contributed by atoms with Gasteiger partial charge in [0.05, 0.1) is 4.90 Å². The predicted octanol–water partition coefficient (Wildman–Crippen LogP) is 3.93. The Bertz CT molecular complexity index is 1050. The second kappa shape index (κ2) is 7.03. The van der Waals surface area contributed by atoms with Crippen molar-refractivity contribution in [3.63, 3.8) is 0 Å². The average molecular weight is 418 g/mol. The summed E-state index contributed by atoms with van der Waals surface area (Å²) in [4.78, 5) is 11.5. The van der Waals surface area contributed by atoms with Gasteiger partial charge in [-0.1, -0.05) is 35.9 Å². The van der Waals surface area contributed by atoms with Crippen LogP contribution < -0.4 is 0 Å². The van der Waals surface area contributed by atoms with E-state index in [0.29, 0.717) is 37.4 Å². The number of rotatable bonds is 3. The number of aliphatic carboxylic acids is 1. The Morgan fingerprint density at radius 3 is 2.36 bits per heavy atom. The molecule has 2 aromatic carbocycles. The number of hydrogen-bond donors (Lipinski definition) is 1. The third-order valence-electron chi connectivity index (χ3n) is 5.80. The number of piperidine rings is 1. The van der Waals surface area contributed by atoms with E-state index in [0.717, 1.165) is 16.7 Å². The monoisotopic (exact) mass is 417 g/mol. The molecule has 0 atom stereocenters. The number of hydrogen-bond acceptors (Lipinski definition) is 3. The number of halogens is 1. The van der Waals surface area contributed by atoms with Crippen molar-refractivity contribution in [1.82, 2.24) is 4.31 Å². The van der Waals surface area contributed by atoms with Crippen LogP contribution in [0.4, 0.5) is 0 Å². The van der Waals surface area contributed by atoms with Crippen LogP contribution in [0.1, 0.15) is 30.4 Å². The van der Waals surface area contributed by atoms with Gasteiger partial charge in [0.2, 0.25) is 10.0 Å². The summed E-state index contributed by atoms with van der Waals surface area (Å²) in [6, 6.07) is 14.1. The Morgan fingerprint density at radius 2 is 1.71 bits per heavy atom. The van der Waals surface area contributed by atoms with Crippen LogP contribution in [0.15, 0.2) is 59.5 Å². The van der Waals surface area contributed by atoms with E-state index in [1.54, 1.807) is 12.1 Å². The van der Waals surface area contributed by atoms with Gasteiger partial charge in [-0.15, -0.1) is 0 Å². The Balaban J connectivity index is 1.60. The summed E-state index contributed by atoms with van der Waals surface area (Å²) in [5, 5.41) is 9.70. The standard InChI is InChI=1S/C21H20ClNO4S/c22-16-5-7-17(8-6-16)28(26,27)23-11-9-21(10-12-23)14-15(13-20(24)25)18-3-1-2-4-19(18)21/h1-8,13H,9-12,14H2,(H,24,25)/b15-13-. The molecule has 0 aromatic heterocycles. The SMILES string of the molecule is O=C(O)/C=C1/CC2(CCN(S(=O)(=O)c3ccc(Cl)cc3)CC2)c2ccccc21. The van der Waals surface area contributed by atoms with Crippen LogP contribution in [0.3, 0.4) is 0 Å². The fraction of sp³-hybridized carbons (Fsp3) is 0.286. The van der Waals surface area contributed by atoms with Gasteiger partial charge in [-0.3, -0.25) is 0 Å². The lowest BCUT2D eigenvalue weighted by Gasteiger charge is -2.39. The van der Waals surface area contributed by atoms with Crippen molar-refractivity contribution in [2.24, 2.45) is 0 Å². The van der Waals surface area contributed by atoms with Gasteiger partial charge in [0.25, 0.3) is 0 Å². The third-order valence-corrected chi connectivity index (χ3v) is 7.97. The quantitative estimate of drug-likeness (QED) is 0.767. The maximum absolute atomic E-state index is 13.0. The lowest BCUT2D eigenvalue weighted by Crippen LogP contribution is -2.44. The first-order valence-corrected chi connectivity index (χ1v) is 10.9. The van der Waals surface area contributed by atoms with E-state index in [9.17, 15) is 18.3 Å². The predicted molar refractivity (Wildman–Crippen MR) is 108 cm³/mol. The van der Waals surface area contributed by atoms with Crippen LogP contribution in [0.25, 0.3) is 5.57 Å². The molecule has 1 spiro atoms. The molecule has 1 heterocycles. The zero-order chi connectivity index (χ0) is 19.9. The Labute approximate surface area is 169 Å². The first-order chi connectivity index (χ1) is 13.3. The van der Waals surface area contributed by atoms with Gasteiger partial charge < -0.3 is 5.11 Å². The second-order valence-electron chi connectivity index (χ2n) is 7.37. The summed E-state index contributed by atoms with van der Waals surface area (Å²) < 4.78 is 27.4. The van der Waals surface area contributed by atoms with E-state index in [1.165, 1.54) is 22.5 Å². The van der Waals surface area contributed by atoms with Crippen LogP contribution in [0.5, 0.6) is 0 Å². The highest BCUT2D eigenvalue weighted by Crippen LogP contribution is 2.51. The van der Waals surface area contributed by atoms with Gasteiger partial charge in [0, 0.05) is 29.6 Å². The molecule has 146 valence electrons. The minimum Gasteiger partial charge on any atom is -0.478 e. The highest BCUT2D eigenvalue weighted by molar-refractivity contribution is 7.89. The normalized spacial score (nSPS) is 20.4. The van der Waals surface area contributed by atoms with E-state index < -0.39 is 16.0 Å². The fourth-order valence-electron chi connectivity index (χ4n) is 4.41. The van der Waals surface area contributed by atoms with Crippen LogP contribution in [0.2, 0.25) is 5.02 Å². The highest BCUT2D eigenvalue weighted by atomic mass is 35.5. The first kappa shape index (κ1) is 19.2. The second-order valence-corrected chi connectivity index (χ2v) is 9.74. The zero-order valence-electron chi connectivity index (χ0n) is 15.1. The van der Waals surface area contributed by atoms with Gasteiger partial charge in [-0.05, 0) is 60.2 Å². The van der Waals surface area contributed by atoms with Crippen LogP contribution in [-0.4, -0.2) is 36.9 Å². The molecule has 28 heavy (non-hydrogen) atoms. The molecule has 1 saturated heterocycles. The number of carboxylic acid groups (broad SMARTS) is 1. The van der Waals surface area contributed by atoms with Crippen molar-refractivity contribution in [2.45, 2.75) is 29.6 Å². The number of fused-ring (bicyclic) bond motifs is 2. The third kappa shape index (κ3) is 3.26. The van der Waals surface area contributed by atoms with E-state index in [2.05, 4.69) is 0 Å². The maximum Gasteiger partial charge on any atom is 0.328 e. The van der Waals surface area contributed by atoms with Crippen LogP contribution in [-0.2, 0) is 20.2 Å². The van der Waals surface area contributed by atoms with Crippen molar-refractivity contribution in [1.29, 1.82) is 0 Å². The maximum atomic E-state index is 13.0. The molecule has 7 heteroatoms. The minimum absolute atomic E-state index is 0.204. The summed E-state index contributed by atoms with van der Waals surface area (Å²) >= 11 is 5.87. The molecule has 0 amide bonds. The largest absolute Gasteiger partial charge is 0.478 e. The van der Waals surface area contributed by atoms with E-state index in [1.807, 2.05) is 24.3 Å². The average Bonchev–Trinajstić information content (AvgIpc) is 2.95.